The van der Waals surface area contributed by atoms with Crippen LogP contribution in [0.2, 0.25) is 0 Å². The maximum Gasteiger partial charge on any atom is 0.322 e. The molecule has 0 radical (unpaired) electrons. The second kappa shape index (κ2) is 12.7. The number of rotatable bonds is 8. The van der Waals surface area contributed by atoms with Crippen LogP contribution in [0.4, 0.5) is 10.5 Å². The molecule has 0 saturated heterocycles. The van der Waals surface area contributed by atoms with Gasteiger partial charge in [0, 0.05) is 18.3 Å². The van der Waals surface area contributed by atoms with Crippen LogP contribution in [0.3, 0.4) is 0 Å². The predicted octanol–water partition coefficient (Wildman–Crippen LogP) is 9.82. The summed E-state index contributed by atoms with van der Waals surface area (Å²) in [5.74, 6) is 1.75. The summed E-state index contributed by atoms with van der Waals surface area (Å²) in [5, 5.41) is 3.42. The van der Waals surface area contributed by atoms with E-state index in [0.29, 0.717) is 30.2 Å². The molecule has 0 spiro atoms. The first kappa shape index (κ1) is 28.0. The molecule has 0 aliphatic heterocycles. The van der Waals surface area contributed by atoms with Crippen LogP contribution in [-0.4, -0.2) is 17.0 Å². The van der Waals surface area contributed by atoms with E-state index in [1.807, 2.05) is 0 Å². The predicted molar refractivity (Wildman–Crippen MR) is 161 cm³/mol. The standard InChI is InChI=1S/C35H46N2O/c1-24(2)28-17-15-27(16-18-28)23-37(31-21-19-30(20-22-31)29-11-8-7-9-12-29)35(38)36-34-32(25(3)4)13-10-14-33(34)26(5)6/h7-18,24-26,30-31H,19-23H2,1-6H3,(H,36,38)/t30-,31-. The van der Waals surface area contributed by atoms with Crippen molar-refractivity contribution in [3.63, 3.8) is 0 Å². The average Bonchev–Trinajstić information content (AvgIpc) is 2.92. The SMILES string of the molecule is CC(C)c1ccc(CN(C(=O)Nc2c(C(C)C)cccc2C(C)C)[C@H]2CC[C@H](c3ccccc3)CC2)cc1. The minimum absolute atomic E-state index is 0.0242. The Balaban J connectivity index is 1.59. The summed E-state index contributed by atoms with van der Waals surface area (Å²) in [6.45, 7) is 13.9. The van der Waals surface area contributed by atoms with Gasteiger partial charge in [-0.05, 0) is 77.2 Å². The van der Waals surface area contributed by atoms with E-state index in [1.165, 1.54) is 27.8 Å². The zero-order chi connectivity index (χ0) is 27.2. The Morgan fingerprint density at radius 3 is 1.84 bits per heavy atom. The Kier molecular flexibility index (Phi) is 9.31. The quantitative estimate of drug-likeness (QED) is 0.321. The van der Waals surface area contributed by atoms with E-state index in [-0.39, 0.29) is 12.1 Å². The highest BCUT2D eigenvalue weighted by molar-refractivity contribution is 5.91. The van der Waals surface area contributed by atoms with E-state index in [9.17, 15) is 4.79 Å². The highest BCUT2D eigenvalue weighted by Gasteiger charge is 2.30. The van der Waals surface area contributed by atoms with E-state index in [1.54, 1.807) is 0 Å². The fourth-order valence-electron chi connectivity index (χ4n) is 5.89. The number of para-hydroxylation sites is 1. The van der Waals surface area contributed by atoms with Crippen LogP contribution in [0.25, 0.3) is 0 Å². The van der Waals surface area contributed by atoms with Crippen LogP contribution in [0.5, 0.6) is 0 Å². The van der Waals surface area contributed by atoms with Crippen LogP contribution in [-0.2, 0) is 6.54 Å². The van der Waals surface area contributed by atoms with Crippen molar-refractivity contribution < 1.29 is 4.79 Å². The van der Waals surface area contributed by atoms with Crippen LogP contribution in [0, 0.1) is 0 Å². The Labute approximate surface area is 230 Å². The molecule has 2 amide bonds. The van der Waals surface area contributed by atoms with Gasteiger partial charge in [0.1, 0.15) is 0 Å². The first-order valence-electron chi connectivity index (χ1n) is 14.6. The maximum absolute atomic E-state index is 14.1. The van der Waals surface area contributed by atoms with Crippen molar-refractivity contribution in [2.24, 2.45) is 0 Å². The zero-order valence-corrected chi connectivity index (χ0v) is 24.2. The van der Waals surface area contributed by atoms with Crippen molar-refractivity contribution in [1.82, 2.24) is 4.90 Å². The second-order valence-electron chi connectivity index (χ2n) is 12.0. The van der Waals surface area contributed by atoms with Crippen molar-refractivity contribution in [3.05, 3.63) is 101 Å². The molecular weight excluding hydrogens is 464 g/mol. The summed E-state index contributed by atoms with van der Waals surface area (Å²) in [6.07, 6.45) is 4.29. The third kappa shape index (κ3) is 6.67. The van der Waals surface area contributed by atoms with Crippen molar-refractivity contribution in [2.75, 3.05) is 5.32 Å². The highest BCUT2D eigenvalue weighted by Crippen LogP contribution is 2.37. The number of carbonyl (C=O) groups excluding carboxylic acids is 1. The summed E-state index contributed by atoms with van der Waals surface area (Å²) in [6, 6.07) is 26.4. The monoisotopic (exact) mass is 510 g/mol. The number of nitrogens with one attached hydrogen (secondary N) is 1. The molecule has 0 heterocycles. The highest BCUT2D eigenvalue weighted by atomic mass is 16.2. The Morgan fingerprint density at radius 2 is 1.32 bits per heavy atom. The summed E-state index contributed by atoms with van der Waals surface area (Å²) in [7, 11) is 0. The Bertz CT molecular complexity index is 1150. The van der Waals surface area contributed by atoms with Gasteiger partial charge in [-0.2, -0.15) is 0 Å². The molecule has 1 saturated carbocycles. The molecular formula is C35H46N2O. The summed E-state index contributed by atoms with van der Waals surface area (Å²) >= 11 is 0. The van der Waals surface area contributed by atoms with Gasteiger partial charge in [-0.3, -0.25) is 0 Å². The maximum atomic E-state index is 14.1. The van der Waals surface area contributed by atoms with Gasteiger partial charge in [-0.15, -0.1) is 0 Å². The minimum atomic E-state index is 0.0242. The van der Waals surface area contributed by atoms with Gasteiger partial charge in [0.05, 0.1) is 0 Å². The molecule has 3 nitrogen and oxygen atoms in total. The van der Waals surface area contributed by atoms with Gasteiger partial charge in [-0.25, -0.2) is 4.79 Å². The van der Waals surface area contributed by atoms with Gasteiger partial charge in [0.2, 0.25) is 0 Å². The summed E-state index contributed by atoms with van der Waals surface area (Å²) in [5.41, 5.74) is 7.37. The normalized spacial score (nSPS) is 17.7. The molecule has 3 aromatic carbocycles. The third-order valence-electron chi connectivity index (χ3n) is 8.27. The summed E-state index contributed by atoms with van der Waals surface area (Å²) < 4.78 is 0. The van der Waals surface area contributed by atoms with E-state index in [4.69, 9.17) is 0 Å². The number of benzene rings is 3. The van der Waals surface area contributed by atoms with Crippen molar-refractivity contribution >= 4 is 11.7 Å². The minimum Gasteiger partial charge on any atom is -0.317 e. The molecule has 1 aliphatic carbocycles. The first-order valence-corrected chi connectivity index (χ1v) is 14.6. The van der Waals surface area contributed by atoms with E-state index < -0.39 is 0 Å². The largest absolute Gasteiger partial charge is 0.322 e. The number of anilines is 1. The van der Waals surface area contributed by atoms with E-state index in [0.717, 1.165) is 31.4 Å². The topological polar surface area (TPSA) is 32.3 Å². The zero-order valence-electron chi connectivity index (χ0n) is 24.2. The number of nitrogens with zero attached hydrogens (tertiary/aromatic N) is 1. The summed E-state index contributed by atoms with van der Waals surface area (Å²) in [4.78, 5) is 16.2. The van der Waals surface area contributed by atoms with Gasteiger partial charge in [-0.1, -0.05) is 114 Å². The van der Waals surface area contributed by atoms with Gasteiger partial charge in [0.15, 0.2) is 0 Å². The smallest absolute Gasteiger partial charge is 0.317 e. The molecule has 0 atom stereocenters. The molecule has 1 aliphatic rings. The van der Waals surface area contributed by atoms with Crippen molar-refractivity contribution in [2.45, 2.75) is 103 Å². The molecule has 0 bridgehead atoms. The third-order valence-corrected chi connectivity index (χ3v) is 8.27. The molecule has 3 heteroatoms. The first-order chi connectivity index (χ1) is 18.2. The lowest BCUT2D eigenvalue weighted by Gasteiger charge is -2.37. The molecule has 1 fully saturated rings. The van der Waals surface area contributed by atoms with Crippen LogP contribution >= 0.6 is 0 Å². The van der Waals surface area contributed by atoms with E-state index >= 15 is 0 Å². The molecule has 4 rings (SSSR count). The van der Waals surface area contributed by atoms with Crippen LogP contribution in [0.1, 0.15) is 119 Å². The lowest BCUT2D eigenvalue weighted by atomic mass is 9.81. The number of hydrogen-bond acceptors (Lipinski definition) is 1. The Morgan fingerprint density at radius 1 is 0.737 bits per heavy atom. The number of amides is 2. The van der Waals surface area contributed by atoms with Gasteiger partial charge < -0.3 is 10.2 Å². The molecule has 3 aromatic rings. The average molecular weight is 511 g/mol. The Hall–Kier alpha value is -3.07. The van der Waals surface area contributed by atoms with Gasteiger partial charge in [0.25, 0.3) is 0 Å². The lowest BCUT2D eigenvalue weighted by Crippen LogP contribution is -2.44. The molecule has 1 N–H and O–H groups in total. The lowest BCUT2D eigenvalue weighted by molar-refractivity contribution is 0.158. The van der Waals surface area contributed by atoms with Gasteiger partial charge >= 0.3 is 6.03 Å². The van der Waals surface area contributed by atoms with Crippen molar-refractivity contribution in [3.8, 4) is 0 Å². The van der Waals surface area contributed by atoms with E-state index in [2.05, 4.69) is 125 Å². The number of carbonyl (C=O) groups is 1. The fourth-order valence-corrected chi connectivity index (χ4v) is 5.89. The van der Waals surface area contributed by atoms with Crippen LogP contribution < -0.4 is 5.32 Å². The molecule has 0 aromatic heterocycles. The molecule has 202 valence electrons. The number of hydrogen-bond donors (Lipinski definition) is 1. The second-order valence-corrected chi connectivity index (χ2v) is 12.0. The molecule has 0 unspecified atom stereocenters. The van der Waals surface area contributed by atoms with Crippen LogP contribution in [0.15, 0.2) is 72.8 Å². The molecule has 38 heavy (non-hydrogen) atoms. The number of urea groups is 1. The fraction of sp³-hybridized carbons (Fsp3) is 0.457. The van der Waals surface area contributed by atoms with Crippen molar-refractivity contribution in [1.29, 1.82) is 0 Å².